The molecule has 4 rings (SSSR count). The summed E-state index contributed by atoms with van der Waals surface area (Å²) in [5.41, 5.74) is 7.09. The molecule has 0 atom stereocenters. The maximum atomic E-state index is 13.0. The number of anilines is 3. The van der Waals surface area contributed by atoms with E-state index in [0.717, 1.165) is 45.2 Å². The van der Waals surface area contributed by atoms with Gasteiger partial charge in [0.1, 0.15) is 11.9 Å². The fourth-order valence-electron chi connectivity index (χ4n) is 3.55. The number of aromatic nitrogens is 4. The first-order valence-corrected chi connectivity index (χ1v) is 9.80. The summed E-state index contributed by atoms with van der Waals surface area (Å²) in [5, 5.41) is 23.6. The summed E-state index contributed by atoms with van der Waals surface area (Å²) in [6, 6.07) is 4.08. The highest BCUT2D eigenvalue weighted by Gasteiger charge is 2.29. The van der Waals surface area contributed by atoms with Gasteiger partial charge in [0.2, 0.25) is 0 Å². The normalized spacial score (nSPS) is 21.0. The van der Waals surface area contributed by atoms with Crippen LogP contribution in [-0.2, 0) is 0 Å². The van der Waals surface area contributed by atoms with Crippen molar-refractivity contribution in [2.45, 2.75) is 44.2 Å². The fraction of sp³-hybridized carbons (Fsp3) is 0.474. The zero-order valence-corrected chi connectivity index (χ0v) is 16.0. The number of carbonyl (C=O) groups excluding carboxylic acids is 1. The van der Waals surface area contributed by atoms with Crippen LogP contribution in [0.5, 0.6) is 0 Å². The summed E-state index contributed by atoms with van der Waals surface area (Å²) < 4.78 is 0. The fourth-order valence-corrected chi connectivity index (χ4v) is 3.55. The summed E-state index contributed by atoms with van der Waals surface area (Å²) in [6.07, 6.45) is 7.69. The molecule has 10 nitrogen and oxygen atoms in total. The van der Waals surface area contributed by atoms with Crippen LogP contribution < -0.4 is 16.4 Å². The van der Waals surface area contributed by atoms with Crippen molar-refractivity contribution in [2.75, 3.05) is 23.7 Å². The molecule has 2 aromatic heterocycles. The molecule has 0 unspecified atom stereocenters. The highest BCUT2D eigenvalue weighted by Crippen LogP contribution is 2.27. The van der Waals surface area contributed by atoms with E-state index in [1.807, 2.05) is 11.0 Å². The zero-order chi connectivity index (χ0) is 20.2. The van der Waals surface area contributed by atoms with Crippen molar-refractivity contribution in [3.05, 3.63) is 29.8 Å². The van der Waals surface area contributed by atoms with Gasteiger partial charge in [0.25, 0.3) is 5.91 Å². The molecule has 29 heavy (non-hydrogen) atoms. The second-order valence-corrected chi connectivity index (χ2v) is 7.44. The van der Waals surface area contributed by atoms with Crippen LogP contribution in [0.3, 0.4) is 0 Å². The van der Waals surface area contributed by atoms with Gasteiger partial charge in [-0.1, -0.05) is 0 Å². The zero-order valence-electron chi connectivity index (χ0n) is 16.0. The molecule has 0 spiro atoms. The van der Waals surface area contributed by atoms with Gasteiger partial charge in [-0.25, -0.2) is 9.97 Å². The van der Waals surface area contributed by atoms with Crippen LogP contribution in [0.4, 0.5) is 17.3 Å². The molecule has 2 fully saturated rings. The molecule has 3 heterocycles. The Bertz CT molecular complexity index is 912. The summed E-state index contributed by atoms with van der Waals surface area (Å²) in [6.45, 7) is 1.49. The molecular weight excluding hydrogens is 370 g/mol. The van der Waals surface area contributed by atoms with Crippen LogP contribution in [0.25, 0.3) is 0 Å². The van der Waals surface area contributed by atoms with Crippen molar-refractivity contribution in [3.8, 4) is 6.07 Å². The average Bonchev–Trinajstić information content (AvgIpc) is 2.73. The lowest BCUT2D eigenvalue weighted by atomic mass is 9.87. The van der Waals surface area contributed by atoms with Crippen molar-refractivity contribution in [1.29, 1.82) is 5.26 Å². The van der Waals surface area contributed by atoms with Crippen LogP contribution >= 0.6 is 0 Å². The Morgan fingerprint density at radius 1 is 1.14 bits per heavy atom. The van der Waals surface area contributed by atoms with Crippen LogP contribution in [0.15, 0.2) is 18.5 Å². The lowest BCUT2D eigenvalue weighted by molar-refractivity contribution is 0.0718. The predicted molar refractivity (Wildman–Crippen MR) is 106 cm³/mol. The van der Waals surface area contributed by atoms with Crippen molar-refractivity contribution >= 4 is 23.2 Å². The second kappa shape index (κ2) is 8.36. The van der Waals surface area contributed by atoms with Crippen molar-refractivity contribution < 1.29 is 4.79 Å². The molecule has 0 radical (unpaired) electrons. The van der Waals surface area contributed by atoms with Gasteiger partial charge in [0, 0.05) is 31.2 Å². The van der Waals surface area contributed by atoms with Crippen LogP contribution in [0.1, 0.15) is 48.3 Å². The number of rotatable bonds is 5. The topological polar surface area (TPSA) is 146 Å². The quantitative estimate of drug-likeness (QED) is 0.686. The Balaban J connectivity index is 1.56. The number of nitrogens with two attached hydrogens (primary N) is 1. The molecule has 0 bridgehead atoms. The number of nitrogens with one attached hydrogen (secondary N) is 2. The van der Waals surface area contributed by atoms with Gasteiger partial charge in [-0.3, -0.25) is 4.79 Å². The molecule has 1 saturated carbocycles. The number of hydrogen-bond acceptors (Lipinski definition) is 9. The first-order chi connectivity index (χ1) is 14.1. The third-order valence-electron chi connectivity index (χ3n) is 5.20. The van der Waals surface area contributed by atoms with Gasteiger partial charge in [-0.2, -0.15) is 5.26 Å². The number of carbonyl (C=O) groups is 1. The minimum absolute atomic E-state index is 0.104. The van der Waals surface area contributed by atoms with E-state index in [2.05, 4.69) is 30.8 Å². The minimum Gasteiger partial charge on any atom is -0.380 e. The predicted octanol–water partition coefficient (Wildman–Crippen LogP) is 1.41. The van der Waals surface area contributed by atoms with Gasteiger partial charge in [-0.05, 0) is 32.1 Å². The van der Waals surface area contributed by atoms with Crippen LogP contribution in [-0.4, -0.2) is 56.1 Å². The highest BCUT2D eigenvalue weighted by atomic mass is 16.2. The van der Waals surface area contributed by atoms with E-state index in [1.54, 1.807) is 6.07 Å². The van der Waals surface area contributed by atoms with E-state index in [0.29, 0.717) is 23.0 Å². The van der Waals surface area contributed by atoms with Crippen LogP contribution in [0, 0.1) is 11.3 Å². The molecule has 1 aliphatic heterocycles. The third kappa shape index (κ3) is 4.41. The molecule has 1 amide bonds. The van der Waals surface area contributed by atoms with E-state index in [9.17, 15) is 4.79 Å². The van der Waals surface area contributed by atoms with Gasteiger partial charge in [-0.15, -0.1) is 10.2 Å². The lowest BCUT2D eigenvalue weighted by Crippen LogP contribution is -2.45. The first kappa shape index (κ1) is 19.0. The van der Waals surface area contributed by atoms with Crippen molar-refractivity contribution in [1.82, 2.24) is 25.1 Å². The molecule has 2 aliphatic rings. The Kier molecular flexibility index (Phi) is 5.48. The summed E-state index contributed by atoms with van der Waals surface area (Å²) in [5.74, 6) is 0.767. The van der Waals surface area contributed by atoms with E-state index in [-0.39, 0.29) is 23.7 Å². The molecule has 0 aromatic carbocycles. The molecule has 4 N–H and O–H groups in total. The van der Waals surface area contributed by atoms with Crippen molar-refractivity contribution in [2.24, 2.45) is 5.73 Å². The molecule has 2 aromatic rings. The van der Waals surface area contributed by atoms with Crippen molar-refractivity contribution in [3.63, 3.8) is 0 Å². The number of likely N-dealkylation sites (tertiary alicyclic amines) is 1. The smallest absolute Gasteiger partial charge is 0.276 e. The number of hydrogen-bond donors (Lipinski definition) is 3. The van der Waals surface area contributed by atoms with Gasteiger partial charge in [0.05, 0.1) is 18.1 Å². The molecule has 1 saturated heterocycles. The Labute approximate surface area is 168 Å². The molecule has 1 aliphatic carbocycles. The SMILES string of the molecule is N#Cc1cnc(Nc2cc(NC3CC(N)C3)c(C(=O)N3CCCCC3)nn2)cn1. The Morgan fingerprint density at radius 2 is 1.93 bits per heavy atom. The Morgan fingerprint density at radius 3 is 2.59 bits per heavy atom. The minimum atomic E-state index is -0.104. The van der Waals surface area contributed by atoms with E-state index in [1.165, 1.54) is 12.4 Å². The van der Waals surface area contributed by atoms with E-state index in [4.69, 9.17) is 11.0 Å². The monoisotopic (exact) mass is 393 g/mol. The highest BCUT2D eigenvalue weighted by molar-refractivity contribution is 5.98. The van der Waals surface area contributed by atoms with Crippen LogP contribution in [0.2, 0.25) is 0 Å². The molecule has 10 heteroatoms. The number of piperidine rings is 1. The first-order valence-electron chi connectivity index (χ1n) is 9.80. The van der Waals surface area contributed by atoms with E-state index >= 15 is 0 Å². The van der Waals surface area contributed by atoms with E-state index < -0.39 is 0 Å². The maximum absolute atomic E-state index is 13.0. The summed E-state index contributed by atoms with van der Waals surface area (Å²) >= 11 is 0. The van der Waals surface area contributed by atoms with Gasteiger partial charge in [0.15, 0.2) is 17.2 Å². The standard InChI is InChI=1S/C19H23N9O/c20-9-14-10-23-17(11-22-14)25-16-8-15(24-13-6-12(21)7-13)18(27-26-16)19(29)28-4-2-1-3-5-28/h8,10-13H,1-7,21H2,(H2,23,24,25,26). The molecule has 150 valence electrons. The largest absolute Gasteiger partial charge is 0.380 e. The second-order valence-electron chi connectivity index (χ2n) is 7.44. The molecular formula is C19H23N9O. The number of nitriles is 1. The number of amides is 1. The average molecular weight is 393 g/mol. The summed E-state index contributed by atoms with van der Waals surface area (Å²) in [4.78, 5) is 22.9. The number of nitrogens with zero attached hydrogens (tertiary/aromatic N) is 6. The van der Waals surface area contributed by atoms with Gasteiger partial charge < -0.3 is 21.3 Å². The Hall–Kier alpha value is -3.32. The summed E-state index contributed by atoms with van der Waals surface area (Å²) in [7, 11) is 0. The third-order valence-corrected chi connectivity index (χ3v) is 5.20. The van der Waals surface area contributed by atoms with Gasteiger partial charge >= 0.3 is 0 Å². The lowest BCUT2D eigenvalue weighted by Gasteiger charge is -2.34. The maximum Gasteiger partial charge on any atom is 0.276 e.